The lowest BCUT2D eigenvalue weighted by molar-refractivity contribution is -0.117. The van der Waals surface area contributed by atoms with Crippen LogP contribution in [0.15, 0.2) is 52.8 Å². The highest BCUT2D eigenvalue weighted by Gasteiger charge is 2.12. The Kier molecular flexibility index (Phi) is 5.56. The monoisotopic (exact) mass is 412 g/mol. The van der Waals surface area contributed by atoms with Gasteiger partial charge in [-0.15, -0.1) is 0 Å². The Morgan fingerprint density at radius 2 is 2.14 bits per heavy atom. The lowest BCUT2D eigenvalue weighted by atomic mass is 10.3. The van der Waals surface area contributed by atoms with E-state index in [1.54, 1.807) is 18.0 Å². The van der Waals surface area contributed by atoms with Gasteiger partial charge in [0, 0.05) is 17.3 Å². The van der Waals surface area contributed by atoms with Crippen molar-refractivity contribution in [3.8, 4) is 0 Å². The summed E-state index contributed by atoms with van der Waals surface area (Å²) < 4.78 is 3.00. The number of hydrogen-bond acceptors (Lipinski definition) is 7. The van der Waals surface area contributed by atoms with E-state index >= 15 is 0 Å². The normalized spacial score (nSPS) is 11.5. The van der Waals surface area contributed by atoms with Crippen molar-refractivity contribution in [3.05, 3.63) is 42.9 Å². The first-order valence-electron chi connectivity index (χ1n) is 9.05. The average molecular weight is 413 g/mol. The van der Waals surface area contributed by atoms with Gasteiger partial charge < -0.3 is 5.32 Å². The highest BCUT2D eigenvalue weighted by Crippen LogP contribution is 2.33. The second-order valence-corrected chi connectivity index (χ2v) is 8.27. The molecule has 7 nitrogen and oxygen atoms in total. The molecule has 1 amide bonds. The molecule has 28 heavy (non-hydrogen) atoms. The third kappa shape index (κ3) is 4.01. The molecule has 144 valence electrons. The number of aromatic nitrogens is 4. The number of rotatable bonds is 7. The van der Waals surface area contributed by atoms with Gasteiger partial charge in [-0.2, -0.15) is 0 Å². The zero-order chi connectivity index (χ0) is 19.5. The van der Waals surface area contributed by atoms with Crippen molar-refractivity contribution in [2.45, 2.75) is 23.8 Å². The summed E-state index contributed by atoms with van der Waals surface area (Å²) in [7, 11) is 0. The van der Waals surface area contributed by atoms with Crippen LogP contribution in [0.25, 0.3) is 16.0 Å². The smallest absolute Gasteiger partial charge is 0.240 e. The molecule has 4 rings (SSSR count). The zero-order valence-corrected chi connectivity index (χ0v) is 17.3. The molecule has 0 aliphatic rings. The van der Waals surface area contributed by atoms with Crippen LogP contribution in [0.5, 0.6) is 0 Å². The zero-order valence-electron chi connectivity index (χ0n) is 15.6. The maximum absolute atomic E-state index is 12.2. The van der Waals surface area contributed by atoms with Gasteiger partial charge in [0.25, 0.3) is 0 Å². The van der Waals surface area contributed by atoms with E-state index in [0.29, 0.717) is 17.5 Å². The number of nitrogens with zero attached hydrogens (tertiary/aromatic N) is 5. The maximum Gasteiger partial charge on any atom is 0.240 e. The summed E-state index contributed by atoms with van der Waals surface area (Å²) in [6.07, 6.45) is 5.51. The third-order valence-electron chi connectivity index (χ3n) is 4.34. The number of carbonyl (C=O) groups excluding carboxylic acids is 1. The second-order valence-electron chi connectivity index (χ2n) is 6.15. The van der Waals surface area contributed by atoms with E-state index in [2.05, 4.69) is 31.2 Å². The fraction of sp³-hybridized carbons (Fsp3) is 0.263. The quantitative estimate of drug-likeness (QED) is 0.498. The molecule has 1 aromatic carbocycles. The first-order chi connectivity index (χ1) is 13.7. The predicted octanol–water partition coefficient (Wildman–Crippen LogP) is 3.77. The lowest BCUT2D eigenvalue weighted by Gasteiger charge is -2.16. The van der Waals surface area contributed by atoms with E-state index in [4.69, 9.17) is 0 Å². The Bertz CT molecular complexity index is 1120. The van der Waals surface area contributed by atoms with Crippen molar-refractivity contribution in [1.82, 2.24) is 24.3 Å². The van der Waals surface area contributed by atoms with Crippen molar-refractivity contribution in [3.63, 3.8) is 0 Å². The molecule has 0 saturated heterocycles. The number of imidazole rings is 1. The molecule has 3 heterocycles. The fourth-order valence-corrected chi connectivity index (χ4v) is 4.73. The number of likely N-dealkylation sites (N-methyl/N-ethyl adjacent to an activating group) is 1. The van der Waals surface area contributed by atoms with Crippen molar-refractivity contribution >= 4 is 50.1 Å². The standard InChI is InChI=1S/C19H20N6OS2/c1-3-24(4-2)12-16(26)23-19-22-14-7-6-13(10-15(14)28-19)27-17-11-21-18-20-8-5-9-25(17)18/h5-11H,3-4,12H2,1-2H3,(H,22,23,26). The summed E-state index contributed by atoms with van der Waals surface area (Å²) in [5.41, 5.74) is 0.882. The molecule has 3 aromatic heterocycles. The van der Waals surface area contributed by atoms with Crippen LogP contribution in [0.2, 0.25) is 0 Å². The van der Waals surface area contributed by atoms with Gasteiger partial charge in [0.2, 0.25) is 11.7 Å². The van der Waals surface area contributed by atoms with Gasteiger partial charge in [-0.1, -0.05) is 36.9 Å². The van der Waals surface area contributed by atoms with Crippen molar-refractivity contribution in [2.75, 3.05) is 25.0 Å². The Hall–Kier alpha value is -2.49. The van der Waals surface area contributed by atoms with Crippen molar-refractivity contribution in [2.24, 2.45) is 0 Å². The van der Waals surface area contributed by atoms with Gasteiger partial charge in [-0.05, 0) is 37.4 Å². The van der Waals surface area contributed by atoms with Crippen LogP contribution in [-0.2, 0) is 4.79 Å². The van der Waals surface area contributed by atoms with E-state index in [-0.39, 0.29) is 5.91 Å². The van der Waals surface area contributed by atoms with Crippen LogP contribution in [0.1, 0.15) is 13.8 Å². The highest BCUT2D eigenvalue weighted by molar-refractivity contribution is 7.99. The summed E-state index contributed by atoms with van der Waals surface area (Å²) in [6.45, 7) is 6.18. The minimum atomic E-state index is -0.0319. The molecule has 0 bridgehead atoms. The first-order valence-corrected chi connectivity index (χ1v) is 10.7. The summed E-state index contributed by atoms with van der Waals surface area (Å²) in [4.78, 5) is 28.5. The molecule has 4 aromatic rings. The van der Waals surface area contributed by atoms with Crippen LogP contribution in [0, 0.1) is 0 Å². The Morgan fingerprint density at radius 1 is 1.29 bits per heavy atom. The van der Waals surface area contributed by atoms with E-state index in [0.717, 1.165) is 33.2 Å². The molecule has 0 spiro atoms. The summed E-state index contributed by atoms with van der Waals surface area (Å²) in [5, 5.41) is 4.55. The number of carbonyl (C=O) groups is 1. The van der Waals surface area contributed by atoms with Crippen molar-refractivity contribution in [1.29, 1.82) is 0 Å². The van der Waals surface area contributed by atoms with Crippen LogP contribution >= 0.6 is 23.1 Å². The molecule has 0 fully saturated rings. The number of anilines is 1. The number of benzene rings is 1. The van der Waals surface area contributed by atoms with Gasteiger partial charge in [-0.25, -0.2) is 15.0 Å². The van der Waals surface area contributed by atoms with Crippen LogP contribution in [0.3, 0.4) is 0 Å². The van der Waals surface area contributed by atoms with E-state index in [9.17, 15) is 4.79 Å². The average Bonchev–Trinajstić information content (AvgIpc) is 3.29. The Labute approximate surface area is 170 Å². The van der Waals surface area contributed by atoms with Crippen LogP contribution in [-0.4, -0.2) is 49.8 Å². The van der Waals surface area contributed by atoms with E-state index in [1.807, 2.05) is 48.8 Å². The number of amides is 1. The predicted molar refractivity (Wildman–Crippen MR) is 113 cm³/mol. The number of thiazole rings is 1. The number of fused-ring (bicyclic) bond motifs is 2. The molecule has 0 radical (unpaired) electrons. The molecule has 0 saturated carbocycles. The van der Waals surface area contributed by atoms with Crippen LogP contribution in [0.4, 0.5) is 5.13 Å². The highest BCUT2D eigenvalue weighted by atomic mass is 32.2. The number of hydrogen-bond donors (Lipinski definition) is 1. The third-order valence-corrected chi connectivity index (χ3v) is 6.28. The Morgan fingerprint density at radius 3 is 2.96 bits per heavy atom. The summed E-state index contributed by atoms with van der Waals surface area (Å²) >= 11 is 3.11. The molecule has 9 heteroatoms. The van der Waals surface area contributed by atoms with E-state index in [1.165, 1.54) is 11.3 Å². The van der Waals surface area contributed by atoms with Gasteiger partial charge in [-0.3, -0.25) is 14.1 Å². The molecule has 0 aliphatic heterocycles. The minimum absolute atomic E-state index is 0.0319. The maximum atomic E-state index is 12.2. The fourth-order valence-electron chi connectivity index (χ4n) is 2.83. The second kappa shape index (κ2) is 8.26. The molecule has 0 unspecified atom stereocenters. The molecular formula is C19H20N6OS2. The number of nitrogens with one attached hydrogen (secondary N) is 1. The first kappa shape index (κ1) is 18.9. The van der Waals surface area contributed by atoms with Gasteiger partial charge in [0.15, 0.2) is 5.13 Å². The van der Waals surface area contributed by atoms with E-state index < -0.39 is 0 Å². The SMILES string of the molecule is CCN(CC)CC(=O)Nc1nc2ccc(Sc3cnc4ncccn34)cc2s1. The Balaban J connectivity index is 1.51. The largest absolute Gasteiger partial charge is 0.301 e. The van der Waals surface area contributed by atoms with Gasteiger partial charge >= 0.3 is 0 Å². The van der Waals surface area contributed by atoms with Crippen molar-refractivity contribution < 1.29 is 4.79 Å². The summed E-state index contributed by atoms with van der Waals surface area (Å²) in [5.74, 6) is 0.651. The molecule has 1 N–H and O–H groups in total. The summed E-state index contributed by atoms with van der Waals surface area (Å²) in [6, 6.07) is 7.99. The molecule has 0 atom stereocenters. The lowest BCUT2D eigenvalue weighted by Crippen LogP contribution is -2.32. The minimum Gasteiger partial charge on any atom is -0.301 e. The van der Waals surface area contributed by atoms with Gasteiger partial charge in [0.1, 0.15) is 5.03 Å². The van der Waals surface area contributed by atoms with Gasteiger partial charge in [0.05, 0.1) is 23.0 Å². The molecular weight excluding hydrogens is 392 g/mol. The van der Waals surface area contributed by atoms with Crippen LogP contribution < -0.4 is 5.32 Å². The topological polar surface area (TPSA) is 75.4 Å². The molecule has 0 aliphatic carbocycles.